The van der Waals surface area contributed by atoms with Crippen LogP contribution in [0.15, 0.2) is 18.7 Å². The van der Waals surface area contributed by atoms with Crippen LogP contribution in [0.25, 0.3) is 0 Å². The van der Waals surface area contributed by atoms with Gasteiger partial charge in [0.15, 0.2) is 0 Å². The van der Waals surface area contributed by atoms with Crippen LogP contribution in [0.5, 0.6) is 0 Å². The normalized spacial score (nSPS) is 24.4. The lowest BCUT2D eigenvalue weighted by molar-refractivity contribution is -0.138. The fourth-order valence-electron chi connectivity index (χ4n) is 4.14. The van der Waals surface area contributed by atoms with Crippen molar-refractivity contribution in [2.75, 3.05) is 19.6 Å². The van der Waals surface area contributed by atoms with Gasteiger partial charge in [-0.05, 0) is 31.6 Å². The maximum atomic E-state index is 12.8. The molecule has 0 aliphatic carbocycles. The summed E-state index contributed by atoms with van der Waals surface area (Å²) in [6, 6.07) is 0.323. The van der Waals surface area contributed by atoms with Crippen molar-refractivity contribution in [3.05, 3.63) is 18.7 Å². The van der Waals surface area contributed by atoms with E-state index in [0.717, 1.165) is 58.3 Å². The van der Waals surface area contributed by atoms with E-state index < -0.39 is 0 Å². The Balaban J connectivity index is 1.57. The maximum absolute atomic E-state index is 12.8. The van der Waals surface area contributed by atoms with Crippen molar-refractivity contribution in [3.63, 3.8) is 0 Å². The molecule has 2 aliphatic rings. The Morgan fingerprint density at radius 3 is 2.83 bits per heavy atom. The monoisotopic (exact) mass is 332 g/mol. The summed E-state index contributed by atoms with van der Waals surface area (Å²) in [5.41, 5.74) is 0. The third-order valence-electron chi connectivity index (χ3n) is 5.45. The number of aryl methyl sites for hydroxylation is 1. The molecule has 2 fully saturated rings. The Morgan fingerprint density at radius 1 is 1.21 bits per heavy atom. The first kappa shape index (κ1) is 17.0. The molecule has 0 saturated carbocycles. The summed E-state index contributed by atoms with van der Waals surface area (Å²) >= 11 is 0. The minimum absolute atomic E-state index is 0.163. The van der Waals surface area contributed by atoms with Gasteiger partial charge in [0, 0.05) is 58.0 Å². The molecule has 24 heavy (non-hydrogen) atoms. The molecule has 3 rings (SSSR count). The largest absolute Gasteiger partial charge is 0.343 e. The molecule has 2 saturated heterocycles. The van der Waals surface area contributed by atoms with Gasteiger partial charge in [0.2, 0.25) is 11.8 Å². The standard InChI is InChI=1S/C18H28N4O2/c1-15(23)21-11-7-17-16(13-21)5-2-3-10-22(17)18(24)6-4-9-20-12-8-19-14-20/h8,12,14,16-17H,2-7,9-11,13H2,1H3/t16-,17-/m1/s1. The molecule has 6 heteroatoms. The Labute approximate surface area is 143 Å². The first-order chi connectivity index (χ1) is 11.6. The summed E-state index contributed by atoms with van der Waals surface area (Å²) in [6.07, 6.45) is 11.2. The highest BCUT2D eigenvalue weighted by atomic mass is 16.2. The van der Waals surface area contributed by atoms with Crippen LogP contribution in [0.3, 0.4) is 0 Å². The molecule has 0 N–H and O–H groups in total. The number of likely N-dealkylation sites (tertiary alicyclic amines) is 2. The Morgan fingerprint density at radius 2 is 2.08 bits per heavy atom. The van der Waals surface area contributed by atoms with E-state index in [1.165, 1.54) is 0 Å². The minimum Gasteiger partial charge on any atom is -0.343 e. The quantitative estimate of drug-likeness (QED) is 0.846. The van der Waals surface area contributed by atoms with E-state index >= 15 is 0 Å². The van der Waals surface area contributed by atoms with Crippen LogP contribution in [-0.2, 0) is 16.1 Å². The molecule has 3 heterocycles. The summed E-state index contributed by atoms with van der Waals surface area (Å²) in [6.45, 7) is 4.97. The average Bonchev–Trinajstić information content (AvgIpc) is 2.99. The predicted octanol–water partition coefficient (Wildman–Crippen LogP) is 1.91. The molecule has 2 amide bonds. The van der Waals surface area contributed by atoms with Crippen molar-refractivity contribution >= 4 is 11.8 Å². The van der Waals surface area contributed by atoms with Gasteiger partial charge in [-0.25, -0.2) is 4.98 Å². The van der Waals surface area contributed by atoms with Gasteiger partial charge in [-0.2, -0.15) is 0 Å². The maximum Gasteiger partial charge on any atom is 0.222 e. The minimum atomic E-state index is 0.163. The second-order valence-electron chi connectivity index (χ2n) is 7.07. The summed E-state index contributed by atoms with van der Waals surface area (Å²) in [7, 11) is 0. The molecule has 0 spiro atoms. The molecule has 1 aromatic heterocycles. The fraction of sp³-hybridized carbons (Fsp3) is 0.722. The molecule has 0 bridgehead atoms. The highest BCUT2D eigenvalue weighted by molar-refractivity contribution is 5.77. The summed E-state index contributed by atoms with van der Waals surface area (Å²) in [5.74, 6) is 0.891. The lowest BCUT2D eigenvalue weighted by atomic mass is 9.88. The first-order valence-corrected chi connectivity index (χ1v) is 9.16. The number of carbonyl (C=O) groups is 2. The van der Waals surface area contributed by atoms with E-state index in [4.69, 9.17) is 0 Å². The number of hydrogen-bond acceptors (Lipinski definition) is 3. The molecule has 132 valence electrons. The third-order valence-corrected chi connectivity index (χ3v) is 5.45. The van der Waals surface area contributed by atoms with Crippen LogP contribution in [0.4, 0.5) is 0 Å². The average molecular weight is 332 g/mol. The van der Waals surface area contributed by atoms with Gasteiger partial charge in [0.05, 0.1) is 6.33 Å². The van der Waals surface area contributed by atoms with Crippen LogP contribution < -0.4 is 0 Å². The number of nitrogens with zero attached hydrogens (tertiary/aromatic N) is 4. The number of rotatable bonds is 4. The molecule has 0 aromatic carbocycles. The van der Waals surface area contributed by atoms with Crippen LogP contribution in [-0.4, -0.2) is 56.8 Å². The third kappa shape index (κ3) is 3.97. The number of amides is 2. The van der Waals surface area contributed by atoms with Crippen molar-refractivity contribution in [1.29, 1.82) is 0 Å². The van der Waals surface area contributed by atoms with Gasteiger partial charge >= 0.3 is 0 Å². The van der Waals surface area contributed by atoms with Gasteiger partial charge in [0.25, 0.3) is 0 Å². The number of carbonyl (C=O) groups excluding carboxylic acids is 2. The molecule has 0 radical (unpaired) electrons. The Hall–Kier alpha value is -1.85. The second kappa shape index (κ2) is 7.81. The predicted molar refractivity (Wildman–Crippen MR) is 91.2 cm³/mol. The van der Waals surface area contributed by atoms with E-state index in [1.807, 2.05) is 15.7 Å². The smallest absolute Gasteiger partial charge is 0.222 e. The topological polar surface area (TPSA) is 58.4 Å². The zero-order chi connectivity index (χ0) is 16.9. The Bertz CT molecular complexity index is 557. The summed E-state index contributed by atoms with van der Waals surface area (Å²) in [4.78, 5) is 32.6. The molecule has 1 aromatic rings. The van der Waals surface area contributed by atoms with Crippen molar-refractivity contribution in [2.45, 2.75) is 58.0 Å². The van der Waals surface area contributed by atoms with E-state index in [0.29, 0.717) is 18.4 Å². The van der Waals surface area contributed by atoms with Gasteiger partial charge in [-0.3, -0.25) is 9.59 Å². The number of imidazole rings is 1. The summed E-state index contributed by atoms with van der Waals surface area (Å²) in [5, 5.41) is 0. The number of fused-ring (bicyclic) bond motifs is 1. The lowest BCUT2D eigenvalue weighted by Crippen LogP contribution is -2.53. The number of aromatic nitrogens is 2. The molecule has 6 nitrogen and oxygen atoms in total. The Kier molecular flexibility index (Phi) is 5.53. The number of hydrogen-bond donors (Lipinski definition) is 0. The highest BCUT2D eigenvalue weighted by Gasteiger charge is 2.37. The van der Waals surface area contributed by atoms with Gasteiger partial charge in [-0.1, -0.05) is 6.42 Å². The van der Waals surface area contributed by atoms with Crippen molar-refractivity contribution in [3.8, 4) is 0 Å². The second-order valence-corrected chi connectivity index (χ2v) is 7.07. The molecule has 2 atom stereocenters. The van der Waals surface area contributed by atoms with Crippen molar-refractivity contribution in [2.24, 2.45) is 5.92 Å². The van der Waals surface area contributed by atoms with Crippen molar-refractivity contribution in [1.82, 2.24) is 19.4 Å². The lowest BCUT2D eigenvalue weighted by Gasteiger charge is -2.42. The molecule has 2 aliphatic heterocycles. The zero-order valence-electron chi connectivity index (χ0n) is 14.6. The highest BCUT2D eigenvalue weighted by Crippen LogP contribution is 2.30. The fourth-order valence-corrected chi connectivity index (χ4v) is 4.14. The summed E-state index contributed by atoms with van der Waals surface area (Å²) < 4.78 is 2.02. The van der Waals surface area contributed by atoms with Gasteiger partial charge in [-0.15, -0.1) is 0 Å². The van der Waals surface area contributed by atoms with E-state index in [1.54, 1.807) is 19.4 Å². The number of piperidine rings is 1. The first-order valence-electron chi connectivity index (χ1n) is 9.16. The van der Waals surface area contributed by atoms with Crippen LogP contribution >= 0.6 is 0 Å². The van der Waals surface area contributed by atoms with Crippen LogP contribution in [0.2, 0.25) is 0 Å². The van der Waals surface area contributed by atoms with E-state index in [9.17, 15) is 9.59 Å². The molecular formula is C18H28N4O2. The van der Waals surface area contributed by atoms with Gasteiger partial charge in [0.1, 0.15) is 0 Å². The van der Waals surface area contributed by atoms with Crippen LogP contribution in [0.1, 0.15) is 45.4 Å². The van der Waals surface area contributed by atoms with Gasteiger partial charge < -0.3 is 14.4 Å². The van der Waals surface area contributed by atoms with E-state index in [-0.39, 0.29) is 11.8 Å². The zero-order valence-corrected chi connectivity index (χ0v) is 14.6. The molecular weight excluding hydrogens is 304 g/mol. The molecule has 0 unspecified atom stereocenters. The van der Waals surface area contributed by atoms with Crippen LogP contribution in [0, 0.1) is 5.92 Å². The van der Waals surface area contributed by atoms with E-state index in [2.05, 4.69) is 9.88 Å². The van der Waals surface area contributed by atoms with Crippen molar-refractivity contribution < 1.29 is 9.59 Å². The SMILES string of the molecule is CC(=O)N1CC[C@@H]2[C@H](CCCCN2C(=O)CCCn2ccnc2)C1.